The number of carbonyl (C=O) groups is 1. The summed E-state index contributed by atoms with van der Waals surface area (Å²) in [4.78, 5) is 13.2. The van der Waals surface area contributed by atoms with E-state index in [4.69, 9.17) is 9.84 Å². The molecule has 0 amide bonds. The molecule has 0 aromatic heterocycles. The van der Waals surface area contributed by atoms with Gasteiger partial charge in [0.05, 0.1) is 6.10 Å². The van der Waals surface area contributed by atoms with E-state index in [1.54, 1.807) is 0 Å². The van der Waals surface area contributed by atoms with Crippen LogP contribution in [0.5, 0.6) is 0 Å². The van der Waals surface area contributed by atoms with Crippen molar-refractivity contribution < 1.29 is 14.6 Å². The van der Waals surface area contributed by atoms with Crippen LogP contribution in [-0.4, -0.2) is 60.4 Å². The Morgan fingerprint density at radius 2 is 2.24 bits per heavy atom. The second-order valence-electron chi connectivity index (χ2n) is 5.08. The molecular formula is C12H24N2O3. The number of ether oxygens (including phenoxy) is 1. The maximum Gasteiger partial charge on any atom is 0.322 e. The fraction of sp³-hybridized carbons (Fsp3) is 0.917. The predicted molar refractivity (Wildman–Crippen MR) is 66.1 cm³/mol. The van der Waals surface area contributed by atoms with Crippen LogP contribution in [0.4, 0.5) is 0 Å². The summed E-state index contributed by atoms with van der Waals surface area (Å²) in [5, 5.41) is 12.2. The van der Waals surface area contributed by atoms with Crippen LogP contribution in [-0.2, 0) is 9.53 Å². The van der Waals surface area contributed by atoms with Gasteiger partial charge in [-0.15, -0.1) is 0 Å². The minimum absolute atomic E-state index is 0.168. The van der Waals surface area contributed by atoms with Gasteiger partial charge in [0.2, 0.25) is 0 Å². The van der Waals surface area contributed by atoms with E-state index in [2.05, 4.69) is 10.2 Å². The van der Waals surface area contributed by atoms with Gasteiger partial charge in [0.1, 0.15) is 6.04 Å². The van der Waals surface area contributed by atoms with Gasteiger partial charge in [-0.2, -0.15) is 0 Å². The lowest BCUT2D eigenvalue weighted by atomic mass is 10.1. The molecule has 0 radical (unpaired) electrons. The molecule has 2 N–H and O–H groups in total. The number of aliphatic carboxylic acids is 1. The molecule has 5 nitrogen and oxygen atoms in total. The molecule has 1 rings (SSSR count). The first-order valence-electron chi connectivity index (χ1n) is 6.22. The molecule has 0 aromatic rings. The maximum absolute atomic E-state index is 11.1. The highest BCUT2D eigenvalue weighted by Gasteiger charge is 2.30. The third-order valence-electron chi connectivity index (χ3n) is 3.21. The first-order valence-corrected chi connectivity index (χ1v) is 6.22. The standard InChI is InChI=1S/C12H24N2O3/c1-8(2)13-10(12(15)16)7-14(4)11-5-6-17-9(11)3/h8-11,13H,5-7H2,1-4H3,(H,15,16). The molecule has 1 aliphatic heterocycles. The molecule has 3 unspecified atom stereocenters. The Bertz CT molecular complexity index is 258. The fourth-order valence-corrected chi connectivity index (χ4v) is 2.33. The number of likely N-dealkylation sites (N-methyl/N-ethyl adjacent to an activating group) is 1. The summed E-state index contributed by atoms with van der Waals surface area (Å²) in [5.41, 5.74) is 0. The van der Waals surface area contributed by atoms with Crippen molar-refractivity contribution in [3.63, 3.8) is 0 Å². The van der Waals surface area contributed by atoms with Crippen molar-refractivity contribution in [1.29, 1.82) is 0 Å². The van der Waals surface area contributed by atoms with Crippen LogP contribution in [0.15, 0.2) is 0 Å². The van der Waals surface area contributed by atoms with Gasteiger partial charge < -0.3 is 15.2 Å². The number of hydrogen-bond acceptors (Lipinski definition) is 4. The van der Waals surface area contributed by atoms with Crippen molar-refractivity contribution >= 4 is 5.97 Å². The minimum Gasteiger partial charge on any atom is -0.480 e. The van der Waals surface area contributed by atoms with Crippen molar-refractivity contribution in [3.8, 4) is 0 Å². The smallest absolute Gasteiger partial charge is 0.322 e. The second-order valence-corrected chi connectivity index (χ2v) is 5.08. The average molecular weight is 244 g/mol. The highest BCUT2D eigenvalue weighted by atomic mass is 16.5. The highest BCUT2D eigenvalue weighted by molar-refractivity contribution is 5.73. The first kappa shape index (κ1) is 14.4. The Hall–Kier alpha value is -0.650. The zero-order chi connectivity index (χ0) is 13.0. The van der Waals surface area contributed by atoms with E-state index in [1.807, 2.05) is 27.8 Å². The number of carboxylic acid groups (broad SMARTS) is 1. The van der Waals surface area contributed by atoms with Gasteiger partial charge in [-0.25, -0.2) is 0 Å². The normalized spacial score (nSPS) is 26.7. The molecule has 0 spiro atoms. The van der Waals surface area contributed by atoms with Crippen LogP contribution in [0.25, 0.3) is 0 Å². The number of carboxylic acids is 1. The molecule has 17 heavy (non-hydrogen) atoms. The van der Waals surface area contributed by atoms with E-state index in [0.717, 1.165) is 13.0 Å². The molecule has 0 bridgehead atoms. The van der Waals surface area contributed by atoms with E-state index in [0.29, 0.717) is 12.6 Å². The monoisotopic (exact) mass is 244 g/mol. The van der Waals surface area contributed by atoms with E-state index >= 15 is 0 Å². The molecule has 0 aliphatic carbocycles. The highest BCUT2D eigenvalue weighted by Crippen LogP contribution is 2.18. The van der Waals surface area contributed by atoms with Crippen molar-refractivity contribution in [2.24, 2.45) is 0 Å². The Morgan fingerprint density at radius 3 is 2.65 bits per heavy atom. The molecule has 1 heterocycles. The van der Waals surface area contributed by atoms with Gasteiger partial charge >= 0.3 is 5.97 Å². The largest absolute Gasteiger partial charge is 0.480 e. The van der Waals surface area contributed by atoms with Crippen LogP contribution in [0, 0.1) is 0 Å². The summed E-state index contributed by atoms with van der Waals surface area (Å²) < 4.78 is 5.50. The van der Waals surface area contributed by atoms with Crippen LogP contribution in [0.1, 0.15) is 27.2 Å². The quantitative estimate of drug-likeness (QED) is 0.714. The van der Waals surface area contributed by atoms with Gasteiger partial charge in [0, 0.05) is 25.2 Å². The van der Waals surface area contributed by atoms with E-state index in [-0.39, 0.29) is 12.1 Å². The van der Waals surface area contributed by atoms with Crippen LogP contribution < -0.4 is 5.32 Å². The zero-order valence-electron chi connectivity index (χ0n) is 11.1. The predicted octanol–water partition coefficient (Wildman–Crippen LogP) is 0.547. The topological polar surface area (TPSA) is 61.8 Å². The fourth-order valence-electron chi connectivity index (χ4n) is 2.33. The summed E-state index contributed by atoms with van der Waals surface area (Å²) in [6, 6.07) is -0.0274. The first-order chi connectivity index (χ1) is 7.91. The SMILES string of the molecule is CC(C)NC(CN(C)C1CCOC1C)C(=O)O. The Labute approximate surface area is 103 Å². The second kappa shape index (κ2) is 6.33. The van der Waals surface area contributed by atoms with Gasteiger partial charge in [0.25, 0.3) is 0 Å². The van der Waals surface area contributed by atoms with Gasteiger partial charge in [-0.1, -0.05) is 13.8 Å². The number of hydrogen-bond donors (Lipinski definition) is 2. The third-order valence-corrected chi connectivity index (χ3v) is 3.21. The van der Waals surface area contributed by atoms with Crippen molar-refractivity contribution in [2.75, 3.05) is 20.2 Å². The van der Waals surface area contributed by atoms with E-state index < -0.39 is 12.0 Å². The summed E-state index contributed by atoms with van der Waals surface area (Å²) in [6.45, 7) is 7.23. The van der Waals surface area contributed by atoms with E-state index in [1.165, 1.54) is 0 Å². The molecule has 1 fully saturated rings. The van der Waals surface area contributed by atoms with Crippen LogP contribution in [0.2, 0.25) is 0 Å². The van der Waals surface area contributed by atoms with Gasteiger partial charge in [-0.3, -0.25) is 9.69 Å². The molecule has 5 heteroatoms. The molecule has 0 saturated carbocycles. The lowest BCUT2D eigenvalue weighted by Gasteiger charge is -2.30. The lowest BCUT2D eigenvalue weighted by molar-refractivity contribution is -0.140. The molecule has 100 valence electrons. The lowest BCUT2D eigenvalue weighted by Crippen LogP contribution is -2.51. The summed E-state index contributed by atoms with van der Waals surface area (Å²) in [5.74, 6) is -0.794. The number of rotatable bonds is 6. The third kappa shape index (κ3) is 4.26. The molecular weight excluding hydrogens is 220 g/mol. The molecule has 3 atom stereocenters. The van der Waals surface area contributed by atoms with Crippen molar-refractivity contribution in [3.05, 3.63) is 0 Å². The maximum atomic E-state index is 11.1. The van der Waals surface area contributed by atoms with Gasteiger partial charge in [-0.05, 0) is 20.4 Å². The molecule has 1 saturated heterocycles. The average Bonchev–Trinajstić information content (AvgIpc) is 2.62. The van der Waals surface area contributed by atoms with E-state index in [9.17, 15) is 4.79 Å². The van der Waals surface area contributed by atoms with Crippen molar-refractivity contribution in [1.82, 2.24) is 10.2 Å². The Kier molecular flexibility index (Phi) is 5.36. The summed E-state index contributed by atoms with van der Waals surface area (Å²) in [6.07, 6.45) is 1.17. The molecule has 0 aromatic carbocycles. The van der Waals surface area contributed by atoms with Crippen LogP contribution >= 0.6 is 0 Å². The summed E-state index contributed by atoms with van der Waals surface area (Å²) in [7, 11) is 1.97. The Morgan fingerprint density at radius 1 is 1.59 bits per heavy atom. The van der Waals surface area contributed by atoms with Crippen molar-refractivity contribution in [2.45, 2.75) is 51.4 Å². The Balaban J connectivity index is 2.51. The zero-order valence-corrected chi connectivity index (χ0v) is 11.1. The molecule has 1 aliphatic rings. The van der Waals surface area contributed by atoms with Crippen LogP contribution in [0.3, 0.4) is 0 Å². The number of nitrogens with zero attached hydrogens (tertiary/aromatic N) is 1. The number of nitrogens with one attached hydrogen (secondary N) is 1. The minimum atomic E-state index is -0.794. The van der Waals surface area contributed by atoms with Gasteiger partial charge in [0.15, 0.2) is 0 Å². The summed E-state index contributed by atoms with van der Waals surface area (Å²) >= 11 is 0.